The molecule has 1 heterocycles. The third-order valence-corrected chi connectivity index (χ3v) is 6.07. The van der Waals surface area contributed by atoms with E-state index in [4.69, 9.17) is 0 Å². The Morgan fingerprint density at radius 2 is 1.76 bits per heavy atom. The van der Waals surface area contributed by atoms with Crippen molar-refractivity contribution in [1.29, 1.82) is 0 Å². The van der Waals surface area contributed by atoms with Gasteiger partial charge in [0.25, 0.3) is 10.0 Å². The molecule has 0 radical (unpaired) electrons. The second-order valence-corrected chi connectivity index (χ2v) is 8.04. The van der Waals surface area contributed by atoms with Gasteiger partial charge in [0.15, 0.2) is 0 Å². The lowest BCUT2D eigenvalue weighted by Crippen LogP contribution is -2.39. The summed E-state index contributed by atoms with van der Waals surface area (Å²) in [4.78, 5) is 2.45. The molecule has 0 bridgehead atoms. The maximum atomic E-state index is 13.0. The molecule has 1 unspecified atom stereocenters. The Morgan fingerprint density at radius 3 is 2.40 bits per heavy atom. The summed E-state index contributed by atoms with van der Waals surface area (Å²) in [6.07, 6.45) is 4.77. The molecule has 0 aliphatic carbocycles. The van der Waals surface area contributed by atoms with Crippen molar-refractivity contribution < 1.29 is 12.8 Å². The number of hydrogen-bond acceptors (Lipinski definition) is 3. The highest BCUT2D eigenvalue weighted by molar-refractivity contribution is 7.92. The van der Waals surface area contributed by atoms with Gasteiger partial charge >= 0.3 is 0 Å². The molecule has 6 heteroatoms. The summed E-state index contributed by atoms with van der Waals surface area (Å²) in [5.74, 6) is -0.463. The normalized spacial score (nSPS) is 18.2. The molecular weight excluding hydrogens is 339 g/mol. The molecule has 0 spiro atoms. The number of nitrogens with zero attached hydrogens (tertiary/aromatic N) is 1. The van der Waals surface area contributed by atoms with E-state index in [-0.39, 0.29) is 4.90 Å². The van der Waals surface area contributed by atoms with Crippen molar-refractivity contribution in [3.8, 4) is 0 Å². The topological polar surface area (TPSA) is 49.4 Å². The standard InChI is InChI=1S/C19H23FN2O2S/c1-2-17-5-3-4-14-22(17)18-10-8-16(9-11-18)21-25(23,24)19-12-6-15(20)7-13-19/h6-13,17,21H,2-5,14H2,1H3. The third kappa shape index (κ3) is 4.12. The summed E-state index contributed by atoms with van der Waals surface area (Å²) in [5.41, 5.74) is 1.62. The van der Waals surface area contributed by atoms with E-state index in [0.29, 0.717) is 11.7 Å². The lowest BCUT2D eigenvalue weighted by atomic mass is 9.99. The highest BCUT2D eigenvalue weighted by Crippen LogP contribution is 2.28. The second-order valence-electron chi connectivity index (χ2n) is 6.36. The first-order chi connectivity index (χ1) is 12.0. The number of benzene rings is 2. The van der Waals surface area contributed by atoms with E-state index < -0.39 is 15.8 Å². The molecule has 2 aromatic carbocycles. The lowest BCUT2D eigenvalue weighted by molar-refractivity contribution is 0.450. The van der Waals surface area contributed by atoms with Gasteiger partial charge in [0.2, 0.25) is 0 Å². The highest BCUT2D eigenvalue weighted by atomic mass is 32.2. The van der Waals surface area contributed by atoms with Crippen LogP contribution < -0.4 is 9.62 Å². The molecule has 2 aromatic rings. The molecule has 3 rings (SSSR count). The minimum Gasteiger partial charge on any atom is -0.369 e. The van der Waals surface area contributed by atoms with Crippen LogP contribution in [0.1, 0.15) is 32.6 Å². The highest BCUT2D eigenvalue weighted by Gasteiger charge is 2.21. The second kappa shape index (κ2) is 7.44. The van der Waals surface area contributed by atoms with E-state index in [1.165, 1.54) is 31.4 Å². The van der Waals surface area contributed by atoms with Gasteiger partial charge in [-0.2, -0.15) is 0 Å². The Morgan fingerprint density at radius 1 is 1.08 bits per heavy atom. The summed E-state index contributed by atoms with van der Waals surface area (Å²) >= 11 is 0. The fraction of sp³-hybridized carbons (Fsp3) is 0.368. The number of piperidine rings is 1. The van der Waals surface area contributed by atoms with Crippen molar-refractivity contribution in [2.75, 3.05) is 16.2 Å². The van der Waals surface area contributed by atoms with E-state index in [2.05, 4.69) is 16.5 Å². The Labute approximate surface area is 148 Å². The summed E-state index contributed by atoms with van der Waals surface area (Å²) in [6.45, 7) is 3.24. The third-order valence-electron chi connectivity index (χ3n) is 4.67. The first kappa shape index (κ1) is 17.7. The summed E-state index contributed by atoms with van der Waals surface area (Å²) in [7, 11) is -3.71. The molecule has 134 valence electrons. The number of hydrogen-bond donors (Lipinski definition) is 1. The summed E-state index contributed by atoms with van der Waals surface area (Å²) < 4.78 is 40.2. The first-order valence-corrected chi connectivity index (χ1v) is 10.1. The molecular formula is C19H23FN2O2S. The molecule has 1 aliphatic heterocycles. The first-order valence-electron chi connectivity index (χ1n) is 8.64. The molecule has 0 saturated carbocycles. The molecule has 4 nitrogen and oxygen atoms in total. The van der Waals surface area contributed by atoms with Gasteiger partial charge in [0.1, 0.15) is 5.82 Å². The van der Waals surface area contributed by atoms with E-state index in [1.54, 1.807) is 12.1 Å². The molecule has 1 N–H and O–H groups in total. The number of sulfonamides is 1. The average Bonchev–Trinajstić information content (AvgIpc) is 2.62. The van der Waals surface area contributed by atoms with Gasteiger partial charge in [0, 0.05) is 24.0 Å². The van der Waals surface area contributed by atoms with E-state index in [0.717, 1.165) is 30.8 Å². The minimum atomic E-state index is -3.71. The van der Waals surface area contributed by atoms with Crippen LogP contribution in [0.2, 0.25) is 0 Å². The zero-order valence-corrected chi connectivity index (χ0v) is 15.1. The van der Waals surface area contributed by atoms with Crippen molar-refractivity contribution in [3.63, 3.8) is 0 Å². The zero-order chi connectivity index (χ0) is 17.9. The molecule has 1 aliphatic rings. The number of halogens is 1. The Bertz CT molecular complexity index is 804. The van der Waals surface area contributed by atoms with Crippen LogP contribution in [0.3, 0.4) is 0 Å². The minimum absolute atomic E-state index is 0.0417. The maximum Gasteiger partial charge on any atom is 0.261 e. The van der Waals surface area contributed by atoms with Gasteiger partial charge in [0.05, 0.1) is 4.90 Å². The number of anilines is 2. The molecule has 1 fully saturated rings. The Kier molecular flexibility index (Phi) is 5.27. The van der Waals surface area contributed by atoms with Crippen LogP contribution in [0.25, 0.3) is 0 Å². The number of rotatable bonds is 5. The Hall–Kier alpha value is -2.08. The van der Waals surface area contributed by atoms with Crippen LogP contribution in [0.4, 0.5) is 15.8 Å². The predicted octanol–water partition coefficient (Wildman–Crippen LogP) is 4.40. The van der Waals surface area contributed by atoms with Crippen molar-refractivity contribution in [2.45, 2.75) is 43.5 Å². The van der Waals surface area contributed by atoms with Crippen molar-refractivity contribution >= 4 is 21.4 Å². The molecule has 0 amide bonds. The maximum absolute atomic E-state index is 13.0. The van der Waals surface area contributed by atoms with Crippen LogP contribution in [-0.2, 0) is 10.0 Å². The molecule has 25 heavy (non-hydrogen) atoms. The number of nitrogens with one attached hydrogen (secondary N) is 1. The van der Waals surface area contributed by atoms with E-state index >= 15 is 0 Å². The van der Waals surface area contributed by atoms with Crippen LogP contribution in [0.15, 0.2) is 53.4 Å². The fourth-order valence-corrected chi connectivity index (χ4v) is 4.37. The zero-order valence-electron chi connectivity index (χ0n) is 14.3. The van der Waals surface area contributed by atoms with Gasteiger partial charge in [-0.05, 0) is 74.2 Å². The van der Waals surface area contributed by atoms with Crippen LogP contribution in [-0.4, -0.2) is 21.0 Å². The van der Waals surface area contributed by atoms with Gasteiger partial charge in [-0.25, -0.2) is 12.8 Å². The lowest BCUT2D eigenvalue weighted by Gasteiger charge is -2.37. The molecule has 1 atom stereocenters. The molecule has 1 saturated heterocycles. The van der Waals surface area contributed by atoms with E-state index in [1.807, 2.05) is 12.1 Å². The summed E-state index contributed by atoms with van der Waals surface area (Å²) in [6, 6.07) is 12.8. The largest absolute Gasteiger partial charge is 0.369 e. The van der Waals surface area contributed by atoms with Crippen LogP contribution in [0.5, 0.6) is 0 Å². The monoisotopic (exact) mass is 362 g/mol. The van der Waals surface area contributed by atoms with Gasteiger partial charge < -0.3 is 4.90 Å². The smallest absolute Gasteiger partial charge is 0.261 e. The predicted molar refractivity (Wildman–Crippen MR) is 98.9 cm³/mol. The SMILES string of the molecule is CCC1CCCCN1c1ccc(NS(=O)(=O)c2ccc(F)cc2)cc1. The quantitative estimate of drug-likeness (QED) is 0.858. The van der Waals surface area contributed by atoms with Crippen molar-refractivity contribution in [1.82, 2.24) is 0 Å². The van der Waals surface area contributed by atoms with Crippen molar-refractivity contribution in [3.05, 3.63) is 54.3 Å². The van der Waals surface area contributed by atoms with Gasteiger partial charge in [-0.1, -0.05) is 6.92 Å². The van der Waals surface area contributed by atoms with Gasteiger partial charge in [-0.15, -0.1) is 0 Å². The summed E-state index contributed by atoms with van der Waals surface area (Å²) in [5, 5.41) is 0. The van der Waals surface area contributed by atoms with Crippen LogP contribution in [0, 0.1) is 5.82 Å². The Balaban J connectivity index is 1.75. The molecule has 0 aromatic heterocycles. The van der Waals surface area contributed by atoms with Crippen LogP contribution >= 0.6 is 0 Å². The van der Waals surface area contributed by atoms with E-state index in [9.17, 15) is 12.8 Å². The fourth-order valence-electron chi connectivity index (χ4n) is 3.31. The van der Waals surface area contributed by atoms with Gasteiger partial charge in [-0.3, -0.25) is 4.72 Å². The average molecular weight is 362 g/mol. The van der Waals surface area contributed by atoms with Crippen molar-refractivity contribution in [2.24, 2.45) is 0 Å².